The predicted octanol–water partition coefficient (Wildman–Crippen LogP) is 1.55. The van der Waals surface area contributed by atoms with Crippen LogP contribution in [0.25, 0.3) is 0 Å². The van der Waals surface area contributed by atoms with Gasteiger partial charge in [0.1, 0.15) is 0 Å². The number of rotatable bonds is 6. The molecular weight excluding hydrogens is 341 g/mol. The van der Waals surface area contributed by atoms with E-state index in [1.165, 1.54) is 18.4 Å². The van der Waals surface area contributed by atoms with Gasteiger partial charge in [0, 0.05) is 33.4 Å². The molecule has 1 aromatic heterocycles. The van der Waals surface area contributed by atoms with E-state index in [0.29, 0.717) is 0 Å². The Morgan fingerprint density at radius 1 is 1.39 bits per heavy atom. The summed E-state index contributed by atoms with van der Waals surface area (Å²) in [6.45, 7) is 4.03. The molecule has 0 aliphatic heterocycles. The van der Waals surface area contributed by atoms with Crippen molar-refractivity contribution in [1.29, 1.82) is 0 Å². The Labute approximate surface area is 126 Å². The van der Waals surface area contributed by atoms with Crippen LogP contribution in [0.15, 0.2) is 17.4 Å². The van der Waals surface area contributed by atoms with E-state index in [1.807, 2.05) is 24.1 Å². The topological polar surface area (TPSA) is 54.2 Å². The first-order chi connectivity index (χ1) is 8.26. The van der Waals surface area contributed by atoms with Gasteiger partial charge in [0.25, 0.3) is 0 Å². The molecule has 0 fully saturated rings. The summed E-state index contributed by atoms with van der Waals surface area (Å²) >= 11 is 0. The molecular formula is C12H24IN5. The number of hydrogen-bond acceptors (Lipinski definition) is 2. The van der Waals surface area contributed by atoms with E-state index >= 15 is 0 Å². The van der Waals surface area contributed by atoms with Gasteiger partial charge in [-0.3, -0.25) is 9.67 Å². The van der Waals surface area contributed by atoms with Crippen molar-refractivity contribution >= 4 is 29.9 Å². The fourth-order valence-electron chi connectivity index (χ4n) is 1.53. The minimum absolute atomic E-state index is 0. The Morgan fingerprint density at radius 2 is 2.11 bits per heavy atom. The normalized spacial score (nSPS) is 10.9. The molecule has 0 saturated heterocycles. The van der Waals surface area contributed by atoms with Crippen molar-refractivity contribution in [3.63, 3.8) is 0 Å². The van der Waals surface area contributed by atoms with Gasteiger partial charge in [-0.15, -0.1) is 24.0 Å². The van der Waals surface area contributed by atoms with Gasteiger partial charge in [-0.05, 0) is 18.4 Å². The highest BCUT2D eigenvalue weighted by molar-refractivity contribution is 14.0. The third-order valence-corrected chi connectivity index (χ3v) is 2.51. The Bertz CT molecular complexity index is 348. The third kappa shape index (κ3) is 6.83. The van der Waals surface area contributed by atoms with E-state index in [9.17, 15) is 0 Å². The first kappa shape index (κ1) is 17.2. The summed E-state index contributed by atoms with van der Waals surface area (Å²) in [6, 6.07) is 0. The minimum Gasteiger partial charge on any atom is -0.356 e. The number of nitrogens with one attached hydrogen (secondary N) is 2. The molecule has 1 rings (SSSR count). The van der Waals surface area contributed by atoms with Crippen LogP contribution in [0.1, 0.15) is 25.3 Å². The van der Waals surface area contributed by atoms with Crippen molar-refractivity contribution < 1.29 is 0 Å². The van der Waals surface area contributed by atoms with Crippen molar-refractivity contribution in [3.8, 4) is 0 Å². The Morgan fingerprint density at radius 3 is 2.67 bits per heavy atom. The average molecular weight is 365 g/mol. The molecule has 2 N–H and O–H groups in total. The number of hydrogen-bond donors (Lipinski definition) is 2. The smallest absolute Gasteiger partial charge is 0.190 e. The van der Waals surface area contributed by atoms with Gasteiger partial charge < -0.3 is 10.6 Å². The second kappa shape index (κ2) is 10.2. The molecule has 1 aromatic rings. The van der Waals surface area contributed by atoms with E-state index in [-0.39, 0.29) is 24.0 Å². The first-order valence-corrected chi connectivity index (χ1v) is 6.18. The molecule has 0 atom stereocenters. The molecule has 18 heavy (non-hydrogen) atoms. The molecule has 0 aliphatic carbocycles. The average Bonchev–Trinajstić information content (AvgIpc) is 2.73. The Hall–Kier alpha value is -0.790. The first-order valence-electron chi connectivity index (χ1n) is 6.18. The van der Waals surface area contributed by atoms with Gasteiger partial charge in [-0.25, -0.2) is 0 Å². The lowest BCUT2D eigenvalue weighted by Crippen LogP contribution is -2.38. The fraction of sp³-hybridized carbons (Fsp3) is 0.667. The largest absolute Gasteiger partial charge is 0.356 e. The third-order valence-electron chi connectivity index (χ3n) is 2.51. The number of nitrogens with zero attached hydrogens (tertiary/aromatic N) is 3. The zero-order valence-corrected chi connectivity index (χ0v) is 13.8. The van der Waals surface area contributed by atoms with Crippen molar-refractivity contribution in [3.05, 3.63) is 18.0 Å². The highest BCUT2D eigenvalue weighted by atomic mass is 127. The lowest BCUT2D eigenvalue weighted by atomic mass is 10.2. The summed E-state index contributed by atoms with van der Waals surface area (Å²) in [5.74, 6) is 0.877. The van der Waals surface area contributed by atoms with Gasteiger partial charge in [0.05, 0.1) is 6.20 Å². The summed E-state index contributed by atoms with van der Waals surface area (Å²) in [5, 5.41) is 10.7. The zero-order chi connectivity index (χ0) is 12.5. The number of guanidine groups is 1. The van der Waals surface area contributed by atoms with Crippen LogP contribution >= 0.6 is 24.0 Å². The molecule has 0 aromatic carbocycles. The molecule has 1 heterocycles. The lowest BCUT2D eigenvalue weighted by molar-refractivity contribution is 0.726. The second-order valence-corrected chi connectivity index (χ2v) is 4.05. The van der Waals surface area contributed by atoms with Gasteiger partial charge in [0.15, 0.2) is 5.96 Å². The van der Waals surface area contributed by atoms with Crippen LogP contribution in [-0.4, -0.2) is 35.9 Å². The van der Waals surface area contributed by atoms with E-state index in [1.54, 1.807) is 7.05 Å². The standard InChI is InChI=1S/C12H23N5.HI/c1-4-5-7-14-12(13-2)15-8-6-11-9-16-17(3)10-11;/h9-10H,4-8H2,1-3H3,(H2,13,14,15);1H. The van der Waals surface area contributed by atoms with Crippen LogP contribution in [0, 0.1) is 0 Å². The summed E-state index contributed by atoms with van der Waals surface area (Å²) in [5.41, 5.74) is 1.24. The predicted molar refractivity (Wildman–Crippen MR) is 86.6 cm³/mol. The second-order valence-electron chi connectivity index (χ2n) is 4.05. The molecule has 0 bridgehead atoms. The molecule has 0 aliphatic rings. The molecule has 5 nitrogen and oxygen atoms in total. The van der Waals surface area contributed by atoms with Crippen LogP contribution in [0.4, 0.5) is 0 Å². The molecule has 0 unspecified atom stereocenters. The van der Waals surface area contributed by atoms with Crippen LogP contribution < -0.4 is 10.6 Å². The summed E-state index contributed by atoms with van der Waals surface area (Å²) in [7, 11) is 3.73. The molecule has 0 amide bonds. The van der Waals surface area contributed by atoms with E-state index in [4.69, 9.17) is 0 Å². The number of unbranched alkanes of at least 4 members (excludes halogenated alkanes) is 1. The Kier molecular flexibility index (Phi) is 9.72. The summed E-state index contributed by atoms with van der Waals surface area (Å²) in [4.78, 5) is 4.17. The van der Waals surface area contributed by atoms with Gasteiger partial charge in [0.2, 0.25) is 0 Å². The zero-order valence-electron chi connectivity index (χ0n) is 11.4. The van der Waals surface area contributed by atoms with E-state index in [2.05, 4.69) is 27.6 Å². The number of aromatic nitrogens is 2. The highest BCUT2D eigenvalue weighted by Crippen LogP contribution is 1.95. The molecule has 6 heteroatoms. The van der Waals surface area contributed by atoms with Crippen molar-refractivity contribution in [1.82, 2.24) is 20.4 Å². The minimum atomic E-state index is 0. The maximum absolute atomic E-state index is 4.17. The van der Waals surface area contributed by atoms with Gasteiger partial charge >= 0.3 is 0 Å². The summed E-state index contributed by atoms with van der Waals surface area (Å²) < 4.78 is 1.82. The summed E-state index contributed by atoms with van der Waals surface area (Å²) in [6.07, 6.45) is 7.26. The van der Waals surface area contributed by atoms with Crippen LogP contribution in [0.5, 0.6) is 0 Å². The lowest BCUT2D eigenvalue weighted by Gasteiger charge is -2.10. The fourth-order valence-corrected chi connectivity index (χ4v) is 1.53. The van der Waals surface area contributed by atoms with Crippen LogP contribution in [0.3, 0.4) is 0 Å². The molecule has 0 saturated carbocycles. The van der Waals surface area contributed by atoms with E-state index in [0.717, 1.165) is 25.5 Å². The van der Waals surface area contributed by atoms with Crippen molar-refractivity contribution in [2.24, 2.45) is 12.0 Å². The van der Waals surface area contributed by atoms with Crippen LogP contribution in [-0.2, 0) is 13.5 Å². The highest BCUT2D eigenvalue weighted by Gasteiger charge is 1.98. The van der Waals surface area contributed by atoms with Gasteiger partial charge in [-0.1, -0.05) is 13.3 Å². The van der Waals surface area contributed by atoms with Crippen LogP contribution in [0.2, 0.25) is 0 Å². The van der Waals surface area contributed by atoms with Crippen molar-refractivity contribution in [2.75, 3.05) is 20.1 Å². The van der Waals surface area contributed by atoms with Crippen molar-refractivity contribution in [2.45, 2.75) is 26.2 Å². The Balaban J connectivity index is 0.00000289. The maximum atomic E-state index is 4.17. The number of aryl methyl sites for hydroxylation is 1. The molecule has 0 spiro atoms. The molecule has 0 radical (unpaired) electrons. The number of halogens is 1. The quantitative estimate of drug-likeness (QED) is 0.348. The maximum Gasteiger partial charge on any atom is 0.190 e. The monoisotopic (exact) mass is 365 g/mol. The van der Waals surface area contributed by atoms with Gasteiger partial charge in [-0.2, -0.15) is 5.10 Å². The SMILES string of the molecule is CCCCNC(=NC)NCCc1cnn(C)c1.I. The van der Waals surface area contributed by atoms with E-state index < -0.39 is 0 Å². The molecule has 104 valence electrons. The number of aliphatic imine (C=N–C) groups is 1.